The molecule has 1 fully saturated rings. The Morgan fingerprint density at radius 3 is 2.89 bits per heavy atom. The van der Waals surface area contributed by atoms with E-state index in [2.05, 4.69) is 4.98 Å². The molecule has 0 spiro atoms. The average Bonchev–Trinajstić information content (AvgIpc) is 3.06. The maximum atomic E-state index is 11.8. The van der Waals surface area contributed by atoms with Gasteiger partial charge in [0.05, 0.1) is 24.7 Å². The van der Waals surface area contributed by atoms with Crippen molar-refractivity contribution in [1.29, 1.82) is 0 Å². The van der Waals surface area contributed by atoms with Crippen molar-refractivity contribution in [3.8, 4) is 0 Å². The lowest BCUT2D eigenvalue weighted by Gasteiger charge is -2.18. The van der Waals surface area contributed by atoms with E-state index in [0.29, 0.717) is 6.54 Å². The van der Waals surface area contributed by atoms with Crippen molar-refractivity contribution in [3.63, 3.8) is 0 Å². The molecule has 96 valence electrons. The quantitative estimate of drug-likeness (QED) is 0.836. The van der Waals surface area contributed by atoms with Gasteiger partial charge in [-0.05, 0) is 25.0 Å². The molecule has 0 unspecified atom stereocenters. The first-order valence-corrected chi connectivity index (χ1v) is 7.78. The molecule has 0 N–H and O–H groups in total. The summed E-state index contributed by atoms with van der Waals surface area (Å²) >= 11 is 0. The van der Waals surface area contributed by atoms with Gasteiger partial charge in [0.2, 0.25) is 10.0 Å². The minimum Gasteiger partial charge on any atom is -0.303 e. The van der Waals surface area contributed by atoms with Gasteiger partial charge in [0.15, 0.2) is 0 Å². The number of hydrogen-bond acceptors (Lipinski definition) is 3. The van der Waals surface area contributed by atoms with E-state index >= 15 is 0 Å². The normalized spacial score (nSPS) is 16.6. The predicted octanol–water partition coefficient (Wildman–Crippen LogP) is 1.26. The Bertz CT molecular complexity index is 673. The highest BCUT2D eigenvalue weighted by molar-refractivity contribution is 7.88. The summed E-state index contributed by atoms with van der Waals surface area (Å²) in [7, 11) is -3.15. The molecule has 0 saturated heterocycles. The van der Waals surface area contributed by atoms with Gasteiger partial charge in [0, 0.05) is 12.2 Å². The summed E-state index contributed by atoms with van der Waals surface area (Å²) in [6.45, 7) is 0.398. The number of nitrogens with zero attached hydrogens (tertiary/aromatic N) is 3. The second kappa shape index (κ2) is 4.07. The van der Waals surface area contributed by atoms with Crippen LogP contribution < -0.4 is 0 Å². The van der Waals surface area contributed by atoms with Crippen LogP contribution in [-0.4, -0.2) is 34.4 Å². The van der Waals surface area contributed by atoms with E-state index < -0.39 is 10.0 Å². The summed E-state index contributed by atoms with van der Waals surface area (Å²) < 4.78 is 27.0. The molecular formula is C12H15N3O2S. The van der Waals surface area contributed by atoms with Gasteiger partial charge in [-0.25, -0.2) is 13.4 Å². The lowest BCUT2D eigenvalue weighted by molar-refractivity contribution is 0.397. The highest BCUT2D eigenvalue weighted by Crippen LogP contribution is 2.30. The Balaban J connectivity index is 1.95. The molecule has 5 nitrogen and oxygen atoms in total. The summed E-state index contributed by atoms with van der Waals surface area (Å²) in [4.78, 5) is 4.27. The van der Waals surface area contributed by atoms with E-state index in [1.54, 1.807) is 10.5 Å². The molecule has 0 amide bonds. The molecule has 0 aromatic carbocycles. The lowest BCUT2D eigenvalue weighted by atomic mass is 10.4. The highest BCUT2D eigenvalue weighted by atomic mass is 32.2. The summed E-state index contributed by atoms with van der Waals surface area (Å²) in [5, 5.41) is 0. The van der Waals surface area contributed by atoms with Crippen molar-refractivity contribution in [2.75, 3.05) is 6.26 Å². The molecular weight excluding hydrogens is 250 g/mol. The van der Waals surface area contributed by atoms with Gasteiger partial charge < -0.3 is 4.40 Å². The molecule has 0 radical (unpaired) electrons. The number of aromatic nitrogens is 2. The molecule has 2 aromatic heterocycles. The molecule has 0 aliphatic heterocycles. The van der Waals surface area contributed by atoms with Gasteiger partial charge in [0.1, 0.15) is 5.65 Å². The van der Waals surface area contributed by atoms with Crippen LogP contribution in [0.2, 0.25) is 0 Å². The molecule has 2 heterocycles. The topological polar surface area (TPSA) is 54.7 Å². The average molecular weight is 265 g/mol. The number of rotatable bonds is 4. The van der Waals surface area contributed by atoms with Gasteiger partial charge in [-0.3, -0.25) is 0 Å². The minimum absolute atomic E-state index is 0.175. The SMILES string of the molecule is CS(=O)(=O)N(Cc1cnc2ccccn12)C1CC1. The van der Waals surface area contributed by atoms with Crippen molar-refractivity contribution in [1.82, 2.24) is 13.7 Å². The first kappa shape index (κ1) is 11.7. The van der Waals surface area contributed by atoms with Crippen LogP contribution in [0.4, 0.5) is 0 Å². The van der Waals surface area contributed by atoms with Gasteiger partial charge >= 0.3 is 0 Å². The molecule has 0 bridgehead atoms. The Morgan fingerprint density at radius 1 is 1.44 bits per heavy atom. The largest absolute Gasteiger partial charge is 0.303 e. The van der Waals surface area contributed by atoms with Crippen molar-refractivity contribution in [2.24, 2.45) is 0 Å². The van der Waals surface area contributed by atoms with Crippen LogP contribution in [0.25, 0.3) is 5.65 Å². The molecule has 18 heavy (non-hydrogen) atoms. The molecule has 2 aromatic rings. The minimum atomic E-state index is -3.15. The molecule has 1 aliphatic rings. The maximum Gasteiger partial charge on any atom is 0.211 e. The predicted molar refractivity (Wildman–Crippen MR) is 68.6 cm³/mol. The zero-order chi connectivity index (χ0) is 12.8. The van der Waals surface area contributed by atoms with Crippen molar-refractivity contribution in [2.45, 2.75) is 25.4 Å². The first-order chi connectivity index (χ1) is 8.55. The molecule has 0 atom stereocenters. The van der Waals surface area contributed by atoms with E-state index in [0.717, 1.165) is 24.2 Å². The summed E-state index contributed by atoms with van der Waals surface area (Å²) in [6.07, 6.45) is 6.85. The van der Waals surface area contributed by atoms with Crippen LogP contribution in [0.1, 0.15) is 18.5 Å². The van der Waals surface area contributed by atoms with Crippen LogP contribution in [0, 0.1) is 0 Å². The van der Waals surface area contributed by atoms with E-state index in [-0.39, 0.29) is 6.04 Å². The Labute approximate surface area is 106 Å². The van der Waals surface area contributed by atoms with Gasteiger partial charge in [0.25, 0.3) is 0 Å². The third-order valence-corrected chi connectivity index (χ3v) is 4.47. The fourth-order valence-corrected chi connectivity index (χ4v) is 3.26. The number of sulfonamides is 1. The summed E-state index contributed by atoms with van der Waals surface area (Å²) in [5.74, 6) is 0. The van der Waals surface area contributed by atoms with Gasteiger partial charge in [-0.1, -0.05) is 6.07 Å². The number of hydrogen-bond donors (Lipinski definition) is 0. The van der Waals surface area contributed by atoms with Crippen LogP contribution in [0.15, 0.2) is 30.6 Å². The fraction of sp³-hybridized carbons (Fsp3) is 0.417. The zero-order valence-corrected chi connectivity index (χ0v) is 11.0. The highest BCUT2D eigenvalue weighted by Gasteiger charge is 2.35. The van der Waals surface area contributed by atoms with Crippen LogP contribution in [-0.2, 0) is 16.6 Å². The first-order valence-electron chi connectivity index (χ1n) is 5.93. The summed E-state index contributed by atoms with van der Waals surface area (Å²) in [6, 6.07) is 5.92. The van der Waals surface area contributed by atoms with Gasteiger partial charge in [-0.15, -0.1) is 0 Å². The van der Waals surface area contributed by atoms with Crippen molar-refractivity contribution < 1.29 is 8.42 Å². The molecule has 6 heteroatoms. The fourth-order valence-electron chi connectivity index (χ4n) is 2.14. The smallest absolute Gasteiger partial charge is 0.211 e. The van der Waals surface area contributed by atoms with Crippen LogP contribution in [0.5, 0.6) is 0 Å². The van der Waals surface area contributed by atoms with Crippen molar-refractivity contribution >= 4 is 15.7 Å². The Morgan fingerprint density at radius 2 is 2.22 bits per heavy atom. The van der Waals surface area contributed by atoms with E-state index in [4.69, 9.17) is 0 Å². The lowest BCUT2D eigenvalue weighted by Crippen LogP contribution is -2.32. The Hall–Kier alpha value is -1.40. The Kier molecular flexibility index (Phi) is 2.64. The molecule has 1 aliphatic carbocycles. The molecule has 3 rings (SSSR count). The molecule has 1 saturated carbocycles. The monoisotopic (exact) mass is 265 g/mol. The third-order valence-electron chi connectivity index (χ3n) is 3.19. The second-order valence-electron chi connectivity index (χ2n) is 4.72. The van der Waals surface area contributed by atoms with E-state index in [9.17, 15) is 8.42 Å². The number of fused-ring (bicyclic) bond motifs is 1. The number of imidazole rings is 1. The maximum absolute atomic E-state index is 11.8. The third kappa shape index (κ3) is 2.13. The number of pyridine rings is 1. The zero-order valence-electron chi connectivity index (χ0n) is 10.2. The standard InChI is InChI=1S/C12H15N3O2S/c1-18(16,17)15(10-5-6-10)9-11-8-13-12-4-2-3-7-14(11)12/h2-4,7-8,10H,5-6,9H2,1H3. The van der Waals surface area contributed by atoms with Crippen LogP contribution >= 0.6 is 0 Å². The van der Waals surface area contributed by atoms with Gasteiger partial charge in [-0.2, -0.15) is 4.31 Å². The second-order valence-corrected chi connectivity index (χ2v) is 6.65. The van der Waals surface area contributed by atoms with Crippen LogP contribution in [0.3, 0.4) is 0 Å². The summed E-state index contributed by atoms with van der Waals surface area (Å²) in [5.41, 5.74) is 1.75. The van der Waals surface area contributed by atoms with E-state index in [1.165, 1.54) is 6.26 Å². The van der Waals surface area contributed by atoms with E-state index in [1.807, 2.05) is 28.8 Å². The van der Waals surface area contributed by atoms with Crippen molar-refractivity contribution in [3.05, 3.63) is 36.3 Å².